The molecule has 0 unspecified atom stereocenters. The monoisotopic (exact) mass is 375 g/mol. The molecule has 0 spiro atoms. The molecule has 0 aliphatic carbocycles. The van der Waals surface area contributed by atoms with E-state index in [0.717, 1.165) is 10.9 Å². The first kappa shape index (κ1) is 19.1. The zero-order chi connectivity index (χ0) is 19.9. The Kier molecular flexibility index (Phi) is 6.01. The number of amides is 1. The van der Waals surface area contributed by atoms with Crippen LogP contribution in [0.2, 0.25) is 0 Å². The first-order valence-electron chi connectivity index (χ1n) is 8.85. The number of phenolic OH excluding ortho intramolecular Hbond substituents is 1. The molecule has 3 rings (SSSR count). The Morgan fingerprint density at radius 2 is 2.07 bits per heavy atom. The molecule has 2 N–H and O–H groups in total. The van der Waals surface area contributed by atoms with Gasteiger partial charge in [0.15, 0.2) is 6.10 Å². The van der Waals surface area contributed by atoms with Crippen molar-refractivity contribution in [2.45, 2.75) is 19.4 Å². The highest BCUT2D eigenvalue weighted by atomic mass is 16.5. The quantitative estimate of drug-likeness (QED) is 0.376. The van der Waals surface area contributed by atoms with Crippen LogP contribution < -0.4 is 10.2 Å². The minimum absolute atomic E-state index is 0.117. The van der Waals surface area contributed by atoms with Gasteiger partial charge in [0.25, 0.3) is 5.91 Å². The van der Waals surface area contributed by atoms with Crippen LogP contribution in [0.3, 0.4) is 0 Å². The van der Waals surface area contributed by atoms with E-state index < -0.39 is 12.0 Å². The van der Waals surface area contributed by atoms with Crippen molar-refractivity contribution in [2.75, 3.05) is 0 Å². The fraction of sp³-hybridized carbons (Fsp3) is 0.136. The highest BCUT2D eigenvalue weighted by Crippen LogP contribution is 2.24. The number of phenols is 1. The average Bonchev–Trinajstić information content (AvgIpc) is 2.71. The van der Waals surface area contributed by atoms with Gasteiger partial charge in [-0.2, -0.15) is 5.10 Å². The summed E-state index contributed by atoms with van der Waals surface area (Å²) in [5.41, 5.74) is 4.37. The van der Waals surface area contributed by atoms with E-state index in [2.05, 4.69) is 22.1 Å². The first-order chi connectivity index (χ1) is 13.6. The highest BCUT2D eigenvalue weighted by molar-refractivity contribution is 5.87. The maximum Gasteiger partial charge on any atom is 0.280 e. The van der Waals surface area contributed by atoms with Gasteiger partial charge >= 0.3 is 0 Å². The molecule has 1 amide bonds. The highest BCUT2D eigenvalue weighted by Gasteiger charge is 2.15. The third kappa shape index (κ3) is 4.35. The van der Waals surface area contributed by atoms with E-state index in [0.29, 0.717) is 23.3 Å². The van der Waals surface area contributed by atoms with Gasteiger partial charge < -0.3 is 9.84 Å². The van der Waals surface area contributed by atoms with Gasteiger partial charge in [-0.15, -0.1) is 6.58 Å². The maximum absolute atomic E-state index is 12.3. The number of hydrogen-bond acceptors (Lipinski definition) is 5. The van der Waals surface area contributed by atoms with E-state index in [9.17, 15) is 9.90 Å². The molecule has 1 heterocycles. The van der Waals surface area contributed by atoms with Crippen LogP contribution in [0.4, 0.5) is 0 Å². The number of carbonyl (C=O) groups is 1. The van der Waals surface area contributed by atoms with Crippen LogP contribution >= 0.6 is 0 Å². The number of aromatic nitrogens is 1. The van der Waals surface area contributed by atoms with Gasteiger partial charge in [-0.3, -0.25) is 9.78 Å². The summed E-state index contributed by atoms with van der Waals surface area (Å²) >= 11 is 0. The van der Waals surface area contributed by atoms with Crippen LogP contribution in [0, 0.1) is 0 Å². The molecule has 1 aromatic heterocycles. The van der Waals surface area contributed by atoms with E-state index in [1.807, 2.05) is 24.3 Å². The number of ether oxygens (including phenoxy) is 1. The van der Waals surface area contributed by atoms with Crippen LogP contribution in [-0.2, 0) is 11.2 Å². The SMILES string of the molecule is C=CCc1cccc(/C=N\NC(=O)[C@@H](C)Oc2cccc3cccnc23)c1O. The van der Waals surface area contributed by atoms with Gasteiger partial charge in [-0.1, -0.05) is 36.4 Å². The lowest BCUT2D eigenvalue weighted by Crippen LogP contribution is -2.33. The largest absolute Gasteiger partial charge is 0.507 e. The van der Waals surface area contributed by atoms with Crippen molar-refractivity contribution >= 4 is 23.0 Å². The summed E-state index contributed by atoms with van der Waals surface area (Å²) in [7, 11) is 0. The van der Waals surface area contributed by atoms with Crippen LogP contribution in [0.15, 0.2) is 72.5 Å². The third-order valence-electron chi connectivity index (χ3n) is 4.16. The Labute approximate surface area is 163 Å². The van der Waals surface area contributed by atoms with Crippen LogP contribution in [0.1, 0.15) is 18.1 Å². The second kappa shape index (κ2) is 8.81. The van der Waals surface area contributed by atoms with Crippen LogP contribution in [0.5, 0.6) is 11.5 Å². The number of nitrogens with zero attached hydrogens (tertiary/aromatic N) is 2. The first-order valence-corrected chi connectivity index (χ1v) is 8.85. The van der Waals surface area contributed by atoms with Crippen molar-refractivity contribution in [2.24, 2.45) is 5.10 Å². The number of aromatic hydroxyl groups is 1. The predicted molar refractivity (Wildman–Crippen MR) is 110 cm³/mol. The Balaban J connectivity index is 1.65. The number of para-hydroxylation sites is 2. The summed E-state index contributed by atoms with van der Waals surface area (Å²) in [6.07, 6.45) is 4.55. The molecule has 142 valence electrons. The molecule has 0 fully saturated rings. The van der Waals surface area contributed by atoms with Gasteiger partial charge in [-0.25, -0.2) is 5.43 Å². The van der Waals surface area contributed by atoms with Gasteiger partial charge in [0, 0.05) is 17.1 Å². The second-order valence-electron chi connectivity index (χ2n) is 6.17. The van der Waals surface area contributed by atoms with Gasteiger partial charge in [0.2, 0.25) is 0 Å². The number of carbonyl (C=O) groups excluding carboxylic acids is 1. The van der Waals surface area contributed by atoms with Crippen molar-refractivity contribution in [3.05, 3.63) is 78.5 Å². The molecule has 0 bridgehead atoms. The Morgan fingerprint density at radius 1 is 1.29 bits per heavy atom. The summed E-state index contributed by atoms with van der Waals surface area (Å²) in [6.45, 7) is 5.30. The Hall–Kier alpha value is -3.67. The standard InChI is InChI=1S/C22H21N3O3/c1-3-7-17-9-4-10-18(21(17)26)14-24-25-22(27)15(2)28-19-12-5-8-16-11-6-13-23-20(16)19/h3-6,8-15,26H,1,7H2,2H3,(H,25,27)/b24-14-/t15-/m1/s1. The van der Waals surface area contributed by atoms with Gasteiger partial charge in [-0.05, 0) is 37.1 Å². The van der Waals surface area contributed by atoms with E-state index in [4.69, 9.17) is 4.74 Å². The lowest BCUT2D eigenvalue weighted by Gasteiger charge is -2.14. The summed E-state index contributed by atoms with van der Waals surface area (Å²) in [5.74, 6) is 0.233. The molecule has 2 aromatic carbocycles. The van der Waals surface area contributed by atoms with E-state index in [-0.39, 0.29) is 5.75 Å². The van der Waals surface area contributed by atoms with Gasteiger partial charge in [0.05, 0.1) is 6.21 Å². The summed E-state index contributed by atoms with van der Waals surface area (Å²) in [6, 6.07) is 14.6. The minimum atomic E-state index is -0.773. The molecule has 0 aliphatic rings. The number of hydrazone groups is 1. The molecular weight excluding hydrogens is 354 g/mol. The van der Waals surface area contributed by atoms with Crippen LogP contribution in [0.25, 0.3) is 10.9 Å². The number of fused-ring (bicyclic) bond motifs is 1. The molecule has 0 saturated carbocycles. The Bertz CT molecular complexity index is 1030. The maximum atomic E-state index is 12.3. The smallest absolute Gasteiger partial charge is 0.280 e. The van der Waals surface area contributed by atoms with Gasteiger partial charge in [0.1, 0.15) is 17.0 Å². The molecular formula is C22H21N3O3. The number of allylic oxidation sites excluding steroid dienone is 1. The third-order valence-corrected chi connectivity index (χ3v) is 4.16. The normalized spacial score (nSPS) is 12.0. The molecule has 1 atom stereocenters. The predicted octanol–water partition coefficient (Wildman–Crippen LogP) is 3.59. The van der Waals surface area contributed by atoms with Crippen molar-refractivity contribution in [1.82, 2.24) is 10.4 Å². The average molecular weight is 375 g/mol. The van der Waals surface area contributed by atoms with Crippen molar-refractivity contribution in [3.8, 4) is 11.5 Å². The second-order valence-corrected chi connectivity index (χ2v) is 6.17. The molecule has 28 heavy (non-hydrogen) atoms. The number of benzene rings is 2. The number of pyridine rings is 1. The topological polar surface area (TPSA) is 83.8 Å². The number of rotatable bonds is 7. The molecule has 0 aliphatic heterocycles. The van der Waals surface area contributed by atoms with Crippen molar-refractivity contribution in [1.29, 1.82) is 0 Å². The van der Waals surface area contributed by atoms with Crippen molar-refractivity contribution in [3.63, 3.8) is 0 Å². The summed E-state index contributed by atoms with van der Waals surface area (Å²) in [4.78, 5) is 16.6. The molecule has 3 aromatic rings. The zero-order valence-electron chi connectivity index (χ0n) is 15.5. The fourth-order valence-electron chi connectivity index (χ4n) is 2.71. The summed E-state index contributed by atoms with van der Waals surface area (Å²) < 4.78 is 5.76. The van der Waals surface area contributed by atoms with E-state index in [1.54, 1.807) is 43.5 Å². The minimum Gasteiger partial charge on any atom is -0.507 e. The number of nitrogens with one attached hydrogen (secondary N) is 1. The molecule has 6 nitrogen and oxygen atoms in total. The van der Waals surface area contributed by atoms with E-state index in [1.165, 1.54) is 6.21 Å². The lowest BCUT2D eigenvalue weighted by atomic mass is 10.1. The lowest BCUT2D eigenvalue weighted by molar-refractivity contribution is -0.127. The van der Waals surface area contributed by atoms with E-state index >= 15 is 0 Å². The van der Waals surface area contributed by atoms with Crippen LogP contribution in [-0.4, -0.2) is 28.3 Å². The summed E-state index contributed by atoms with van der Waals surface area (Å²) in [5, 5.41) is 15.1. The molecule has 6 heteroatoms. The molecule has 0 radical (unpaired) electrons. The molecule has 0 saturated heterocycles. The van der Waals surface area contributed by atoms with Crippen molar-refractivity contribution < 1.29 is 14.6 Å². The zero-order valence-corrected chi connectivity index (χ0v) is 15.5. The fourth-order valence-corrected chi connectivity index (χ4v) is 2.71. The number of hydrogen-bond donors (Lipinski definition) is 2. The Morgan fingerprint density at radius 3 is 2.89 bits per heavy atom.